The summed E-state index contributed by atoms with van der Waals surface area (Å²) < 4.78 is 5.25. The van der Waals surface area contributed by atoms with Gasteiger partial charge in [-0.05, 0) is 67.7 Å². The number of nitrogens with zero attached hydrogens (tertiary/aromatic N) is 2. The molecule has 1 aliphatic carbocycles. The topological polar surface area (TPSA) is 79.0 Å². The lowest BCUT2D eigenvalue weighted by Gasteiger charge is -2.34. The maximum absolute atomic E-state index is 13.5. The van der Waals surface area contributed by atoms with E-state index in [4.69, 9.17) is 4.74 Å². The number of rotatable bonds is 8. The minimum Gasteiger partial charge on any atom is -0.497 e. The van der Waals surface area contributed by atoms with Gasteiger partial charge in [-0.3, -0.25) is 14.5 Å². The van der Waals surface area contributed by atoms with Crippen LogP contribution in [0, 0.1) is 5.92 Å². The molecule has 1 aromatic carbocycles. The number of urea groups is 1. The molecule has 7 nitrogen and oxygen atoms in total. The molecule has 8 heteroatoms. The normalized spacial score (nSPS) is 23.1. The van der Waals surface area contributed by atoms with Gasteiger partial charge in [0.25, 0.3) is 5.91 Å². The van der Waals surface area contributed by atoms with Gasteiger partial charge in [0.1, 0.15) is 17.8 Å². The van der Waals surface area contributed by atoms with Gasteiger partial charge in [-0.2, -0.15) is 0 Å². The van der Waals surface area contributed by atoms with Crippen molar-refractivity contribution in [3.05, 3.63) is 52.2 Å². The molecule has 1 saturated carbocycles. The van der Waals surface area contributed by atoms with E-state index >= 15 is 0 Å². The molecule has 2 heterocycles. The lowest BCUT2D eigenvalue weighted by Crippen LogP contribution is -2.50. The first kappa shape index (κ1) is 24.3. The van der Waals surface area contributed by atoms with Crippen LogP contribution in [0.25, 0.3) is 0 Å². The summed E-state index contributed by atoms with van der Waals surface area (Å²) >= 11 is 1.66. The number of methoxy groups -OCH3 is 1. The fourth-order valence-corrected chi connectivity index (χ4v) is 5.71. The molecule has 1 aromatic heterocycles. The summed E-state index contributed by atoms with van der Waals surface area (Å²) in [5.41, 5.74) is 0.120. The first-order valence-electron chi connectivity index (χ1n) is 11.9. The van der Waals surface area contributed by atoms with Gasteiger partial charge < -0.3 is 15.0 Å². The summed E-state index contributed by atoms with van der Waals surface area (Å²) in [5, 5.41) is 4.94. The lowest BCUT2D eigenvalue weighted by molar-refractivity contribution is -0.141. The van der Waals surface area contributed by atoms with Gasteiger partial charge in [-0.25, -0.2) is 4.79 Å². The molecule has 1 aliphatic heterocycles. The fraction of sp³-hybridized carbons (Fsp3) is 0.500. The van der Waals surface area contributed by atoms with Gasteiger partial charge in [0.05, 0.1) is 7.11 Å². The largest absolute Gasteiger partial charge is 0.497 e. The Morgan fingerprint density at radius 1 is 1.24 bits per heavy atom. The summed E-state index contributed by atoms with van der Waals surface area (Å²) in [6.07, 6.45) is 3.77. The molecule has 34 heavy (non-hydrogen) atoms. The SMILES string of the molecule is COc1ccc(CN(C(=O)CN2C(=O)NC3(CCC(C)CC3)C2=O)[C@H](C)Cc2cccs2)cc1. The zero-order chi connectivity index (χ0) is 24.3. The average molecular weight is 484 g/mol. The maximum atomic E-state index is 13.5. The fourth-order valence-electron chi connectivity index (χ4n) is 4.89. The van der Waals surface area contributed by atoms with Crippen LogP contribution in [0.2, 0.25) is 0 Å². The number of benzene rings is 1. The Morgan fingerprint density at radius 2 is 1.94 bits per heavy atom. The molecule has 2 aromatic rings. The number of carbonyl (C=O) groups is 3. The first-order chi connectivity index (χ1) is 16.3. The number of nitrogens with one attached hydrogen (secondary N) is 1. The second kappa shape index (κ2) is 10.2. The summed E-state index contributed by atoms with van der Waals surface area (Å²) in [7, 11) is 1.62. The molecular formula is C26H33N3O4S. The van der Waals surface area contributed by atoms with Crippen molar-refractivity contribution in [1.29, 1.82) is 0 Å². The third-order valence-corrected chi connectivity index (χ3v) is 8.01. The number of imide groups is 1. The number of ether oxygens (including phenoxy) is 1. The standard InChI is InChI=1S/C26H33N3O4S/c1-18-10-12-26(13-11-18)24(31)29(25(32)27-26)17-23(30)28(19(2)15-22-5-4-14-34-22)16-20-6-8-21(33-3)9-7-20/h4-9,14,18-19H,10-13,15-17H2,1-3H3,(H,27,32)/t18?,19-,26?/m1/s1. The lowest BCUT2D eigenvalue weighted by atomic mass is 9.77. The molecule has 1 N–H and O–H groups in total. The average Bonchev–Trinajstić information content (AvgIpc) is 3.42. The number of hydrogen-bond donors (Lipinski definition) is 1. The van der Waals surface area contributed by atoms with Crippen molar-refractivity contribution in [2.75, 3.05) is 13.7 Å². The Labute approximate surface area is 205 Å². The van der Waals surface area contributed by atoms with Crippen molar-refractivity contribution < 1.29 is 19.1 Å². The number of carbonyl (C=O) groups excluding carboxylic acids is 3. The second-order valence-electron chi connectivity index (χ2n) is 9.59. The molecule has 1 saturated heterocycles. The molecule has 4 rings (SSSR count). The zero-order valence-electron chi connectivity index (χ0n) is 20.1. The van der Waals surface area contributed by atoms with E-state index in [0.717, 1.165) is 29.1 Å². The van der Waals surface area contributed by atoms with E-state index in [1.165, 1.54) is 4.88 Å². The van der Waals surface area contributed by atoms with Crippen molar-refractivity contribution in [2.24, 2.45) is 5.92 Å². The quantitative estimate of drug-likeness (QED) is 0.571. The van der Waals surface area contributed by atoms with Crippen molar-refractivity contribution in [3.63, 3.8) is 0 Å². The maximum Gasteiger partial charge on any atom is 0.325 e. The molecule has 1 atom stereocenters. The van der Waals surface area contributed by atoms with Crippen LogP contribution in [-0.2, 0) is 22.6 Å². The highest BCUT2D eigenvalue weighted by molar-refractivity contribution is 7.09. The second-order valence-corrected chi connectivity index (χ2v) is 10.6. The van der Waals surface area contributed by atoms with Gasteiger partial charge in [0.15, 0.2) is 0 Å². The van der Waals surface area contributed by atoms with Crippen molar-refractivity contribution in [2.45, 2.75) is 64.1 Å². The van der Waals surface area contributed by atoms with Crippen LogP contribution < -0.4 is 10.1 Å². The molecule has 2 fully saturated rings. The van der Waals surface area contributed by atoms with E-state index in [1.807, 2.05) is 42.6 Å². The highest BCUT2D eigenvalue weighted by Gasteiger charge is 2.52. The van der Waals surface area contributed by atoms with Gasteiger partial charge >= 0.3 is 6.03 Å². The van der Waals surface area contributed by atoms with E-state index in [2.05, 4.69) is 18.3 Å². The van der Waals surface area contributed by atoms with Crippen LogP contribution in [0.3, 0.4) is 0 Å². The van der Waals surface area contributed by atoms with Gasteiger partial charge in [0, 0.05) is 23.9 Å². The van der Waals surface area contributed by atoms with Gasteiger partial charge in [-0.15, -0.1) is 11.3 Å². The minimum atomic E-state index is -0.840. The van der Waals surface area contributed by atoms with Crippen LogP contribution >= 0.6 is 11.3 Å². The molecule has 0 bridgehead atoms. The number of hydrogen-bond acceptors (Lipinski definition) is 5. The zero-order valence-corrected chi connectivity index (χ0v) is 20.9. The van der Waals surface area contributed by atoms with Crippen LogP contribution in [0.5, 0.6) is 5.75 Å². The molecule has 4 amide bonds. The molecule has 1 spiro atoms. The third-order valence-electron chi connectivity index (χ3n) is 7.11. The van der Waals surface area contributed by atoms with Gasteiger partial charge in [0.2, 0.25) is 5.91 Å². The highest BCUT2D eigenvalue weighted by Crippen LogP contribution is 2.36. The van der Waals surface area contributed by atoms with E-state index in [-0.39, 0.29) is 24.4 Å². The molecule has 182 valence electrons. The van der Waals surface area contributed by atoms with Crippen LogP contribution in [0.1, 0.15) is 50.0 Å². The van der Waals surface area contributed by atoms with Crippen molar-refractivity contribution >= 4 is 29.2 Å². The summed E-state index contributed by atoms with van der Waals surface area (Å²) in [6, 6.07) is 11.1. The third kappa shape index (κ3) is 5.12. The van der Waals surface area contributed by atoms with Crippen molar-refractivity contribution in [3.8, 4) is 5.75 Å². The Hall–Kier alpha value is -2.87. The number of thiophene rings is 1. The van der Waals surface area contributed by atoms with Crippen molar-refractivity contribution in [1.82, 2.24) is 15.1 Å². The highest BCUT2D eigenvalue weighted by atomic mass is 32.1. The molecular weight excluding hydrogens is 450 g/mol. The van der Waals surface area contributed by atoms with E-state index in [9.17, 15) is 14.4 Å². The molecule has 0 unspecified atom stereocenters. The smallest absolute Gasteiger partial charge is 0.325 e. The van der Waals surface area contributed by atoms with Crippen LogP contribution in [0.15, 0.2) is 41.8 Å². The van der Waals surface area contributed by atoms with Gasteiger partial charge in [-0.1, -0.05) is 25.1 Å². The summed E-state index contributed by atoms with van der Waals surface area (Å²) in [4.78, 5) is 43.7. The summed E-state index contributed by atoms with van der Waals surface area (Å²) in [6.45, 7) is 4.33. The first-order valence-corrected chi connectivity index (χ1v) is 12.8. The Balaban J connectivity index is 1.51. The monoisotopic (exact) mass is 483 g/mol. The van der Waals surface area contributed by atoms with Crippen LogP contribution in [-0.4, -0.2) is 52.9 Å². The minimum absolute atomic E-state index is 0.0986. The predicted molar refractivity (Wildman–Crippen MR) is 132 cm³/mol. The Kier molecular flexibility index (Phi) is 7.26. The summed E-state index contributed by atoms with van der Waals surface area (Å²) in [5.74, 6) is 0.807. The Bertz CT molecular complexity index is 1010. The van der Waals surface area contributed by atoms with E-state index in [1.54, 1.807) is 23.3 Å². The Morgan fingerprint density at radius 3 is 2.56 bits per heavy atom. The predicted octanol–water partition coefficient (Wildman–Crippen LogP) is 4.22. The molecule has 2 aliphatic rings. The number of amides is 4. The van der Waals surface area contributed by atoms with Crippen LogP contribution in [0.4, 0.5) is 4.79 Å². The van der Waals surface area contributed by atoms with E-state index < -0.39 is 11.6 Å². The van der Waals surface area contributed by atoms with E-state index in [0.29, 0.717) is 31.7 Å². The molecule has 0 radical (unpaired) electrons.